The summed E-state index contributed by atoms with van der Waals surface area (Å²) in [6.45, 7) is 3.98. The lowest BCUT2D eigenvalue weighted by atomic mass is 10.0. The monoisotopic (exact) mass is 313 g/mol. The van der Waals surface area contributed by atoms with Crippen molar-refractivity contribution in [3.63, 3.8) is 0 Å². The maximum Gasteiger partial charge on any atom is 0.123 e. The van der Waals surface area contributed by atoms with Gasteiger partial charge in [-0.3, -0.25) is 0 Å². The molecule has 0 spiro atoms. The van der Waals surface area contributed by atoms with E-state index >= 15 is 0 Å². The highest BCUT2D eigenvalue weighted by Crippen LogP contribution is 2.33. The maximum atomic E-state index is 13.2. The summed E-state index contributed by atoms with van der Waals surface area (Å²) >= 11 is 5.11. The summed E-state index contributed by atoms with van der Waals surface area (Å²) in [5, 5.41) is 0. The number of thiophene rings is 1. The van der Waals surface area contributed by atoms with E-state index in [1.165, 1.54) is 17.0 Å². The van der Waals surface area contributed by atoms with Gasteiger partial charge in [0.25, 0.3) is 0 Å². The van der Waals surface area contributed by atoms with E-state index < -0.39 is 0 Å². The summed E-state index contributed by atoms with van der Waals surface area (Å²) in [7, 11) is 0. The predicted molar refractivity (Wildman–Crippen MR) is 73.9 cm³/mol. The van der Waals surface area contributed by atoms with Gasteiger partial charge in [-0.25, -0.2) is 4.39 Å². The van der Waals surface area contributed by atoms with E-state index in [9.17, 15) is 4.39 Å². The number of hydrogen-bond acceptors (Lipinski definition) is 2. The van der Waals surface area contributed by atoms with Crippen molar-refractivity contribution in [1.29, 1.82) is 0 Å². The van der Waals surface area contributed by atoms with Crippen LogP contribution in [0.5, 0.6) is 0 Å². The number of benzene rings is 1. The zero-order chi connectivity index (χ0) is 12.6. The summed E-state index contributed by atoms with van der Waals surface area (Å²) < 4.78 is 14.3. The molecule has 1 atom stereocenters. The summed E-state index contributed by atoms with van der Waals surface area (Å²) in [6, 6.07) is 6.49. The Bertz CT molecular complexity index is 531. The molecule has 2 rings (SSSR count). The van der Waals surface area contributed by atoms with Crippen LogP contribution in [0.25, 0.3) is 0 Å². The van der Waals surface area contributed by atoms with Gasteiger partial charge < -0.3 is 5.73 Å². The fourth-order valence-corrected chi connectivity index (χ4v) is 3.32. The van der Waals surface area contributed by atoms with Gasteiger partial charge in [-0.05, 0) is 59.1 Å². The fraction of sp³-hybridized carbons (Fsp3) is 0.231. The van der Waals surface area contributed by atoms with Gasteiger partial charge in [0.05, 0.1) is 6.04 Å². The number of aryl methyl sites for hydroxylation is 2. The molecule has 0 saturated heterocycles. The molecule has 1 aromatic heterocycles. The third-order valence-electron chi connectivity index (χ3n) is 2.76. The van der Waals surface area contributed by atoms with Crippen molar-refractivity contribution in [3.8, 4) is 0 Å². The van der Waals surface area contributed by atoms with Crippen LogP contribution in [0.4, 0.5) is 4.39 Å². The van der Waals surface area contributed by atoms with Crippen molar-refractivity contribution in [1.82, 2.24) is 0 Å². The summed E-state index contributed by atoms with van der Waals surface area (Å²) in [4.78, 5) is 2.23. The minimum Gasteiger partial charge on any atom is -0.320 e. The number of halogens is 2. The summed E-state index contributed by atoms with van der Waals surface area (Å²) in [5.74, 6) is -0.242. The van der Waals surface area contributed by atoms with Gasteiger partial charge in [-0.15, -0.1) is 11.3 Å². The molecule has 0 aliphatic rings. The first-order valence-corrected chi connectivity index (χ1v) is 6.87. The molecule has 0 radical (unpaired) electrons. The lowest BCUT2D eigenvalue weighted by Gasteiger charge is -2.13. The van der Waals surface area contributed by atoms with Crippen LogP contribution in [0.1, 0.15) is 26.9 Å². The van der Waals surface area contributed by atoms with Gasteiger partial charge in [-0.1, -0.05) is 6.07 Å². The normalized spacial score (nSPS) is 12.8. The zero-order valence-corrected chi connectivity index (χ0v) is 12.0. The first kappa shape index (κ1) is 12.7. The average Bonchev–Trinajstić information content (AvgIpc) is 2.62. The Labute approximate surface area is 113 Å². The van der Waals surface area contributed by atoms with Crippen LogP contribution in [-0.4, -0.2) is 0 Å². The van der Waals surface area contributed by atoms with Crippen LogP contribution in [0.15, 0.2) is 28.7 Å². The Morgan fingerprint density at radius 2 is 2.00 bits per heavy atom. The zero-order valence-electron chi connectivity index (χ0n) is 9.63. The minimum atomic E-state index is -0.263. The largest absolute Gasteiger partial charge is 0.320 e. The third-order valence-corrected chi connectivity index (χ3v) is 4.98. The lowest BCUT2D eigenvalue weighted by Crippen LogP contribution is -2.12. The van der Waals surface area contributed by atoms with Crippen molar-refractivity contribution in [2.75, 3.05) is 0 Å². The lowest BCUT2D eigenvalue weighted by molar-refractivity contribution is 0.623. The standard InChI is InChI=1S/C13H13BrFNS/c1-7-3-4-9(15)5-10(7)13(16)12-6-11(14)8(2)17-12/h3-6,13H,16H2,1-2H3. The van der Waals surface area contributed by atoms with E-state index in [1.807, 2.05) is 19.9 Å². The Morgan fingerprint density at radius 3 is 2.59 bits per heavy atom. The van der Waals surface area contributed by atoms with E-state index in [4.69, 9.17) is 5.73 Å². The van der Waals surface area contributed by atoms with Gasteiger partial charge in [0.15, 0.2) is 0 Å². The van der Waals surface area contributed by atoms with Gasteiger partial charge in [0.2, 0.25) is 0 Å². The molecule has 2 N–H and O–H groups in total. The highest BCUT2D eigenvalue weighted by molar-refractivity contribution is 9.10. The molecule has 1 nitrogen and oxygen atoms in total. The number of nitrogens with two attached hydrogens (primary N) is 1. The number of rotatable bonds is 2. The predicted octanol–water partition coefficient (Wildman–Crippen LogP) is 4.31. The molecule has 90 valence electrons. The Balaban J connectivity index is 2.42. The molecule has 2 aromatic rings. The molecule has 1 aromatic carbocycles. The topological polar surface area (TPSA) is 26.0 Å². The van der Waals surface area contributed by atoms with E-state index in [-0.39, 0.29) is 11.9 Å². The van der Waals surface area contributed by atoms with Crippen molar-refractivity contribution in [2.24, 2.45) is 5.73 Å². The third kappa shape index (κ3) is 2.59. The Hall–Kier alpha value is -0.710. The van der Waals surface area contributed by atoms with Crippen LogP contribution < -0.4 is 5.73 Å². The van der Waals surface area contributed by atoms with Crippen LogP contribution in [0.2, 0.25) is 0 Å². The smallest absolute Gasteiger partial charge is 0.123 e. The molecule has 0 aliphatic carbocycles. The van der Waals surface area contributed by atoms with Crippen molar-refractivity contribution >= 4 is 27.3 Å². The van der Waals surface area contributed by atoms with E-state index in [2.05, 4.69) is 15.9 Å². The maximum absolute atomic E-state index is 13.2. The van der Waals surface area contributed by atoms with E-state index in [0.29, 0.717) is 0 Å². The van der Waals surface area contributed by atoms with Crippen molar-refractivity contribution in [3.05, 3.63) is 55.4 Å². The van der Waals surface area contributed by atoms with Gasteiger partial charge in [0, 0.05) is 14.2 Å². The fourth-order valence-electron chi connectivity index (χ4n) is 1.73. The molecule has 0 amide bonds. The van der Waals surface area contributed by atoms with Gasteiger partial charge in [-0.2, -0.15) is 0 Å². The van der Waals surface area contributed by atoms with E-state index in [1.54, 1.807) is 17.4 Å². The molecule has 0 saturated carbocycles. The molecular formula is C13H13BrFNS. The van der Waals surface area contributed by atoms with Crippen LogP contribution in [0.3, 0.4) is 0 Å². The number of hydrogen-bond donors (Lipinski definition) is 1. The van der Waals surface area contributed by atoms with Gasteiger partial charge >= 0.3 is 0 Å². The Kier molecular flexibility index (Phi) is 3.66. The molecule has 0 fully saturated rings. The SMILES string of the molecule is Cc1ccc(F)cc1C(N)c1cc(Br)c(C)s1. The summed E-state index contributed by atoms with van der Waals surface area (Å²) in [6.07, 6.45) is 0. The molecule has 1 heterocycles. The highest BCUT2D eigenvalue weighted by Gasteiger charge is 2.15. The molecule has 1 unspecified atom stereocenters. The van der Waals surface area contributed by atoms with Crippen molar-refractivity contribution < 1.29 is 4.39 Å². The molecule has 0 aliphatic heterocycles. The molecular weight excluding hydrogens is 301 g/mol. The minimum absolute atomic E-state index is 0.242. The van der Waals surface area contributed by atoms with Crippen molar-refractivity contribution in [2.45, 2.75) is 19.9 Å². The molecule has 0 bridgehead atoms. The molecule has 4 heteroatoms. The van der Waals surface area contributed by atoms with Gasteiger partial charge in [0.1, 0.15) is 5.82 Å². The summed E-state index contributed by atoms with van der Waals surface area (Å²) in [5.41, 5.74) is 8.05. The van der Waals surface area contributed by atoms with Crippen LogP contribution >= 0.6 is 27.3 Å². The average molecular weight is 314 g/mol. The highest BCUT2D eigenvalue weighted by atomic mass is 79.9. The second kappa shape index (κ2) is 4.88. The second-order valence-corrected chi connectivity index (χ2v) is 6.17. The quantitative estimate of drug-likeness (QED) is 0.878. The second-order valence-electron chi connectivity index (χ2n) is 4.03. The van der Waals surface area contributed by atoms with Crippen LogP contribution in [-0.2, 0) is 0 Å². The first-order chi connectivity index (χ1) is 7.99. The first-order valence-electron chi connectivity index (χ1n) is 5.26. The van der Waals surface area contributed by atoms with Crippen LogP contribution in [0, 0.1) is 19.7 Å². The Morgan fingerprint density at radius 1 is 1.29 bits per heavy atom. The molecule has 17 heavy (non-hydrogen) atoms. The van der Waals surface area contributed by atoms with E-state index in [0.717, 1.165) is 20.5 Å².